The van der Waals surface area contributed by atoms with Crippen LogP contribution in [0.3, 0.4) is 0 Å². The van der Waals surface area contributed by atoms with Gasteiger partial charge in [-0.1, -0.05) is 32.0 Å². The van der Waals surface area contributed by atoms with E-state index in [1.807, 2.05) is 0 Å². The topological polar surface area (TPSA) is 58.0 Å². The SMILES string of the molecule is CCNC(C)(CO)CCCCSc1nc(CC)ns1. The molecule has 0 aromatic carbocycles. The molecule has 0 saturated heterocycles. The number of rotatable bonds is 10. The Morgan fingerprint density at radius 3 is 2.74 bits per heavy atom. The molecule has 0 aliphatic heterocycles. The number of hydrogen-bond acceptors (Lipinski definition) is 6. The van der Waals surface area contributed by atoms with E-state index in [1.54, 1.807) is 11.8 Å². The van der Waals surface area contributed by atoms with Crippen molar-refractivity contribution in [3.8, 4) is 0 Å². The third kappa shape index (κ3) is 6.21. The zero-order chi connectivity index (χ0) is 14.1. The van der Waals surface area contributed by atoms with Gasteiger partial charge in [0, 0.05) is 17.7 Å². The minimum absolute atomic E-state index is 0.127. The molecule has 1 atom stereocenters. The van der Waals surface area contributed by atoms with Crippen LogP contribution >= 0.6 is 23.3 Å². The van der Waals surface area contributed by atoms with Gasteiger partial charge in [-0.25, -0.2) is 4.98 Å². The van der Waals surface area contributed by atoms with Gasteiger partial charge in [0.15, 0.2) is 4.34 Å². The summed E-state index contributed by atoms with van der Waals surface area (Å²) in [5.74, 6) is 2.03. The highest BCUT2D eigenvalue weighted by atomic mass is 32.2. The Kier molecular flexibility index (Phi) is 7.90. The Morgan fingerprint density at radius 2 is 2.16 bits per heavy atom. The van der Waals surface area contributed by atoms with Gasteiger partial charge in [0.25, 0.3) is 0 Å². The third-order valence-corrected chi connectivity index (χ3v) is 5.02. The average Bonchev–Trinajstić information content (AvgIpc) is 2.86. The Morgan fingerprint density at radius 1 is 1.37 bits per heavy atom. The Bertz CT molecular complexity index is 359. The number of nitrogens with one attached hydrogen (secondary N) is 1. The highest BCUT2D eigenvalue weighted by Gasteiger charge is 2.20. The molecule has 0 fully saturated rings. The van der Waals surface area contributed by atoms with Crippen molar-refractivity contribution in [3.63, 3.8) is 0 Å². The fraction of sp³-hybridized carbons (Fsp3) is 0.846. The molecule has 0 aliphatic rings. The summed E-state index contributed by atoms with van der Waals surface area (Å²) in [6.45, 7) is 7.33. The highest BCUT2D eigenvalue weighted by Crippen LogP contribution is 2.22. The molecule has 1 rings (SSSR count). The van der Waals surface area contributed by atoms with Crippen LogP contribution in [0.1, 0.15) is 45.9 Å². The van der Waals surface area contributed by atoms with Crippen LogP contribution in [0.25, 0.3) is 0 Å². The van der Waals surface area contributed by atoms with Crippen molar-refractivity contribution >= 4 is 23.3 Å². The molecule has 0 saturated carbocycles. The predicted molar refractivity (Wildman–Crippen MR) is 83.0 cm³/mol. The van der Waals surface area contributed by atoms with Crippen molar-refractivity contribution in [1.29, 1.82) is 0 Å². The summed E-state index contributed by atoms with van der Waals surface area (Å²) in [4.78, 5) is 4.44. The number of aliphatic hydroxyl groups excluding tert-OH is 1. The molecule has 1 aromatic rings. The van der Waals surface area contributed by atoms with Gasteiger partial charge in [-0.2, -0.15) is 4.37 Å². The van der Waals surface area contributed by atoms with Crippen LogP contribution < -0.4 is 5.32 Å². The molecule has 0 radical (unpaired) electrons. The summed E-state index contributed by atoms with van der Waals surface area (Å²) in [7, 11) is 0. The molecule has 4 nitrogen and oxygen atoms in total. The summed E-state index contributed by atoms with van der Waals surface area (Å²) in [6.07, 6.45) is 4.19. The number of unbranched alkanes of at least 4 members (excludes halogenated alkanes) is 1. The van der Waals surface area contributed by atoms with Crippen LogP contribution in [0.5, 0.6) is 0 Å². The fourth-order valence-corrected chi connectivity index (χ4v) is 3.63. The molecule has 110 valence electrons. The molecule has 1 heterocycles. The lowest BCUT2D eigenvalue weighted by Gasteiger charge is -2.28. The molecule has 0 aliphatic carbocycles. The van der Waals surface area contributed by atoms with Crippen LogP contribution in [0, 0.1) is 0 Å². The van der Waals surface area contributed by atoms with E-state index >= 15 is 0 Å². The fourth-order valence-electron chi connectivity index (χ4n) is 1.87. The molecule has 0 bridgehead atoms. The summed E-state index contributed by atoms with van der Waals surface area (Å²) >= 11 is 3.29. The number of aryl methyl sites for hydroxylation is 1. The molecule has 2 N–H and O–H groups in total. The van der Waals surface area contributed by atoms with E-state index in [0.717, 1.165) is 48.1 Å². The lowest BCUT2D eigenvalue weighted by molar-refractivity contribution is 0.165. The van der Waals surface area contributed by atoms with Gasteiger partial charge in [0.05, 0.1) is 6.61 Å². The van der Waals surface area contributed by atoms with Gasteiger partial charge >= 0.3 is 0 Å². The van der Waals surface area contributed by atoms with Crippen molar-refractivity contribution in [2.24, 2.45) is 0 Å². The largest absolute Gasteiger partial charge is 0.394 e. The van der Waals surface area contributed by atoms with Crippen molar-refractivity contribution in [3.05, 3.63) is 5.82 Å². The van der Waals surface area contributed by atoms with E-state index in [9.17, 15) is 5.11 Å². The molecule has 1 aromatic heterocycles. The molecule has 19 heavy (non-hydrogen) atoms. The van der Waals surface area contributed by atoms with Crippen LogP contribution in [0.4, 0.5) is 0 Å². The van der Waals surface area contributed by atoms with E-state index < -0.39 is 0 Å². The summed E-state index contributed by atoms with van der Waals surface area (Å²) in [5.41, 5.74) is -0.127. The number of likely N-dealkylation sites (N-methyl/N-ethyl adjacent to an activating group) is 1. The van der Waals surface area contributed by atoms with Gasteiger partial charge in [0.2, 0.25) is 0 Å². The highest BCUT2D eigenvalue weighted by molar-refractivity contribution is 8.00. The zero-order valence-electron chi connectivity index (χ0n) is 12.1. The normalized spacial score (nSPS) is 14.5. The first-order chi connectivity index (χ1) is 9.13. The Labute approximate surface area is 124 Å². The number of thioether (sulfide) groups is 1. The van der Waals surface area contributed by atoms with E-state index in [2.05, 4.69) is 35.4 Å². The summed E-state index contributed by atoms with van der Waals surface area (Å²) in [5, 5.41) is 12.7. The lowest BCUT2D eigenvalue weighted by Crippen LogP contribution is -2.45. The smallest absolute Gasteiger partial charge is 0.170 e. The molecule has 0 spiro atoms. The summed E-state index contributed by atoms with van der Waals surface area (Å²) in [6, 6.07) is 0. The third-order valence-electron chi connectivity index (χ3n) is 3.07. The maximum Gasteiger partial charge on any atom is 0.170 e. The second-order valence-electron chi connectivity index (χ2n) is 4.88. The lowest BCUT2D eigenvalue weighted by atomic mass is 9.96. The maximum absolute atomic E-state index is 9.40. The average molecular weight is 303 g/mol. The quantitative estimate of drug-likeness (QED) is 0.514. The van der Waals surface area contributed by atoms with Gasteiger partial charge in [0.1, 0.15) is 5.82 Å². The zero-order valence-corrected chi connectivity index (χ0v) is 13.7. The first kappa shape index (κ1) is 16.9. The Hall–Kier alpha value is -0.170. The minimum atomic E-state index is -0.127. The van der Waals surface area contributed by atoms with E-state index in [1.165, 1.54) is 11.5 Å². The van der Waals surface area contributed by atoms with Crippen LogP contribution in [-0.4, -0.2) is 38.9 Å². The van der Waals surface area contributed by atoms with Crippen molar-refractivity contribution in [2.75, 3.05) is 18.9 Å². The standard InChI is InChI=1S/C13H25N3OS2/c1-4-11-15-12(19-16-11)18-9-7-6-8-13(3,10-17)14-5-2/h14,17H,4-10H2,1-3H3. The van der Waals surface area contributed by atoms with Gasteiger partial charge in [-0.05, 0) is 37.8 Å². The second-order valence-corrected chi connectivity index (χ2v) is 6.98. The van der Waals surface area contributed by atoms with Crippen molar-refractivity contribution in [2.45, 2.75) is 56.3 Å². The van der Waals surface area contributed by atoms with Crippen LogP contribution in [0.15, 0.2) is 4.34 Å². The first-order valence-electron chi connectivity index (χ1n) is 6.94. The van der Waals surface area contributed by atoms with Crippen molar-refractivity contribution in [1.82, 2.24) is 14.7 Å². The predicted octanol–water partition coefficient (Wildman–Crippen LogP) is 2.72. The van der Waals surface area contributed by atoms with E-state index in [0.29, 0.717) is 0 Å². The van der Waals surface area contributed by atoms with Gasteiger partial charge < -0.3 is 10.4 Å². The number of aliphatic hydroxyl groups is 1. The molecule has 1 unspecified atom stereocenters. The molecular formula is C13H25N3OS2. The van der Waals surface area contributed by atoms with Crippen LogP contribution in [-0.2, 0) is 6.42 Å². The summed E-state index contributed by atoms with van der Waals surface area (Å²) < 4.78 is 5.35. The maximum atomic E-state index is 9.40. The molecule has 6 heteroatoms. The number of aromatic nitrogens is 2. The second kappa shape index (κ2) is 8.89. The monoisotopic (exact) mass is 303 g/mol. The Balaban J connectivity index is 2.16. The molecular weight excluding hydrogens is 278 g/mol. The van der Waals surface area contributed by atoms with Gasteiger partial charge in [-0.3, -0.25) is 0 Å². The van der Waals surface area contributed by atoms with E-state index in [4.69, 9.17) is 0 Å². The number of nitrogens with zero attached hydrogens (tertiary/aromatic N) is 2. The van der Waals surface area contributed by atoms with E-state index in [-0.39, 0.29) is 12.1 Å². The number of hydrogen-bond donors (Lipinski definition) is 2. The molecule has 0 amide bonds. The first-order valence-corrected chi connectivity index (χ1v) is 8.70. The van der Waals surface area contributed by atoms with Crippen molar-refractivity contribution < 1.29 is 5.11 Å². The van der Waals surface area contributed by atoms with Crippen LogP contribution in [0.2, 0.25) is 0 Å². The van der Waals surface area contributed by atoms with Gasteiger partial charge in [-0.15, -0.1) is 0 Å². The minimum Gasteiger partial charge on any atom is -0.394 e.